The quantitative estimate of drug-likeness (QED) is 0.521. The second-order valence-corrected chi connectivity index (χ2v) is 8.98. The number of aromatic nitrogens is 1. The molecular weight excluding hydrogens is 390 g/mol. The summed E-state index contributed by atoms with van der Waals surface area (Å²) in [6.07, 6.45) is 0. The molecule has 0 radical (unpaired) electrons. The Labute approximate surface area is 169 Å². The van der Waals surface area contributed by atoms with Crippen LogP contribution in [0.3, 0.4) is 0 Å². The van der Waals surface area contributed by atoms with Crippen LogP contribution in [-0.4, -0.2) is 48.4 Å². The minimum Gasteiger partial charge on any atom is -0.368 e. The minimum atomic E-state index is -0.0867. The van der Waals surface area contributed by atoms with Crippen molar-refractivity contribution >= 4 is 54.4 Å². The first-order chi connectivity index (χ1) is 13.7. The van der Waals surface area contributed by atoms with E-state index in [2.05, 4.69) is 44.4 Å². The van der Waals surface area contributed by atoms with Crippen molar-refractivity contribution in [2.75, 3.05) is 37.6 Å². The number of piperazine rings is 1. The van der Waals surface area contributed by atoms with Gasteiger partial charge in [0, 0.05) is 47.5 Å². The van der Waals surface area contributed by atoms with E-state index in [-0.39, 0.29) is 10.7 Å². The van der Waals surface area contributed by atoms with Crippen molar-refractivity contribution in [1.82, 2.24) is 9.88 Å². The number of ketones is 1. The van der Waals surface area contributed by atoms with Gasteiger partial charge in [0.05, 0.1) is 16.8 Å². The number of aromatic amines is 1. The molecule has 1 aliphatic rings. The number of hydrogen-bond donors (Lipinski definition) is 1. The molecule has 0 spiro atoms. The Balaban J connectivity index is 1.26. The lowest BCUT2D eigenvalue weighted by atomic mass is 10.1. The number of hydrogen-bond acceptors (Lipinski definition) is 6. The van der Waals surface area contributed by atoms with Gasteiger partial charge >= 0.3 is 4.87 Å². The molecule has 1 aliphatic heterocycles. The van der Waals surface area contributed by atoms with E-state index in [0.29, 0.717) is 12.1 Å². The second-order valence-electron chi connectivity index (χ2n) is 7.02. The van der Waals surface area contributed by atoms with E-state index in [0.717, 1.165) is 47.7 Å². The number of fused-ring (bicyclic) bond motifs is 2. The first-order valence-corrected chi connectivity index (χ1v) is 11.0. The van der Waals surface area contributed by atoms with Crippen LogP contribution < -0.4 is 9.77 Å². The fourth-order valence-electron chi connectivity index (χ4n) is 3.81. The largest absolute Gasteiger partial charge is 0.368 e. The highest BCUT2D eigenvalue weighted by molar-refractivity contribution is 7.17. The molecule has 2 aromatic heterocycles. The molecule has 2 aromatic carbocycles. The third-order valence-corrected chi connectivity index (χ3v) is 7.02. The Morgan fingerprint density at radius 2 is 1.89 bits per heavy atom. The predicted molar refractivity (Wildman–Crippen MR) is 117 cm³/mol. The number of thiophene rings is 1. The van der Waals surface area contributed by atoms with Gasteiger partial charge in [-0.2, -0.15) is 0 Å². The summed E-state index contributed by atoms with van der Waals surface area (Å²) >= 11 is 2.92. The molecule has 0 amide bonds. The summed E-state index contributed by atoms with van der Waals surface area (Å²) in [6.45, 7) is 3.99. The third kappa shape index (κ3) is 3.26. The lowest BCUT2D eigenvalue weighted by Gasteiger charge is -2.36. The van der Waals surface area contributed by atoms with Crippen LogP contribution in [0.25, 0.3) is 20.3 Å². The van der Waals surface area contributed by atoms with Crippen molar-refractivity contribution in [3.8, 4) is 0 Å². The summed E-state index contributed by atoms with van der Waals surface area (Å²) < 4.78 is 2.15. The maximum Gasteiger partial charge on any atom is 0.305 e. The number of anilines is 1. The summed E-state index contributed by atoms with van der Waals surface area (Å²) in [5, 5.41) is 3.46. The van der Waals surface area contributed by atoms with Crippen LogP contribution in [0.2, 0.25) is 0 Å². The second kappa shape index (κ2) is 7.16. The fraction of sp³-hybridized carbons (Fsp3) is 0.238. The molecule has 1 fully saturated rings. The Morgan fingerprint density at radius 1 is 1.04 bits per heavy atom. The van der Waals surface area contributed by atoms with Gasteiger partial charge in [0.25, 0.3) is 0 Å². The average molecular weight is 410 g/mol. The average Bonchev–Trinajstić information content (AvgIpc) is 3.33. The minimum absolute atomic E-state index is 0.0867. The number of nitrogens with zero attached hydrogens (tertiary/aromatic N) is 2. The highest BCUT2D eigenvalue weighted by Gasteiger charge is 2.21. The van der Waals surface area contributed by atoms with Crippen LogP contribution in [0.4, 0.5) is 5.69 Å². The maximum atomic E-state index is 12.7. The Kier molecular flexibility index (Phi) is 4.50. The molecule has 7 heteroatoms. The van der Waals surface area contributed by atoms with E-state index in [9.17, 15) is 9.59 Å². The van der Waals surface area contributed by atoms with Crippen molar-refractivity contribution in [3.05, 3.63) is 63.1 Å². The molecule has 3 heterocycles. The summed E-state index contributed by atoms with van der Waals surface area (Å²) in [5.41, 5.74) is 2.76. The maximum absolute atomic E-state index is 12.7. The number of benzene rings is 2. The lowest BCUT2D eigenvalue weighted by Crippen LogP contribution is -2.48. The standard InChI is InChI=1S/C21H19N3O2S2/c25-18(14-4-5-16-20(12-14)28-21(26)22-16)13-23-7-9-24(10-8-23)17-2-1-3-19-15(17)6-11-27-19/h1-6,11-12H,7-10,13H2,(H,22,26). The molecule has 5 rings (SSSR count). The Hall–Kier alpha value is -2.48. The molecular formula is C21H19N3O2S2. The number of carbonyl (C=O) groups is 1. The van der Waals surface area contributed by atoms with Gasteiger partial charge in [-0.05, 0) is 41.8 Å². The van der Waals surface area contributed by atoms with E-state index in [1.54, 1.807) is 17.4 Å². The number of carbonyl (C=O) groups excluding carboxylic acids is 1. The lowest BCUT2D eigenvalue weighted by molar-refractivity contribution is 0.0926. The van der Waals surface area contributed by atoms with E-state index in [1.165, 1.54) is 15.8 Å². The normalized spacial score (nSPS) is 15.5. The van der Waals surface area contributed by atoms with Gasteiger partial charge < -0.3 is 9.88 Å². The molecule has 0 unspecified atom stereocenters. The summed E-state index contributed by atoms with van der Waals surface area (Å²) in [6, 6.07) is 14.1. The number of nitrogens with one attached hydrogen (secondary N) is 1. The molecule has 142 valence electrons. The first-order valence-electron chi connectivity index (χ1n) is 9.27. The molecule has 0 saturated carbocycles. The van der Waals surface area contributed by atoms with Crippen LogP contribution in [0.1, 0.15) is 10.4 Å². The molecule has 4 aromatic rings. The molecule has 1 N–H and O–H groups in total. The van der Waals surface area contributed by atoms with E-state index in [4.69, 9.17) is 0 Å². The molecule has 28 heavy (non-hydrogen) atoms. The summed E-state index contributed by atoms with van der Waals surface area (Å²) in [4.78, 5) is 31.5. The van der Waals surface area contributed by atoms with Crippen LogP contribution in [0.5, 0.6) is 0 Å². The van der Waals surface area contributed by atoms with Gasteiger partial charge in [0.15, 0.2) is 5.78 Å². The smallest absolute Gasteiger partial charge is 0.305 e. The van der Waals surface area contributed by atoms with Gasteiger partial charge in [-0.3, -0.25) is 14.5 Å². The summed E-state index contributed by atoms with van der Waals surface area (Å²) in [5.74, 6) is 0.108. The van der Waals surface area contributed by atoms with Gasteiger partial charge in [-0.1, -0.05) is 17.4 Å². The zero-order valence-corrected chi connectivity index (χ0v) is 16.8. The number of H-pyrrole nitrogens is 1. The predicted octanol–water partition coefficient (Wildman–Crippen LogP) is 3.81. The highest BCUT2D eigenvalue weighted by Crippen LogP contribution is 2.31. The summed E-state index contributed by atoms with van der Waals surface area (Å²) in [7, 11) is 0. The first kappa shape index (κ1) is 17.6. The zero-order chi connectivity index (χ0) is 19.1. The molecule has 5 nitrogen and oxygen atoms in total. The third-order valence-electron chi connectivity index (χ3n) is 5.30. The van der Waals surface area contributed by atoms with Crippen molar-refractivity contribution in [1.29, 1.82) is 0 Å². The monoisotopic (exact) mass is 409 g/mol. The van der Waals surface area contributed by atoms with Crippen LogP contribution in [0.15, 0.2) is 52.6 Å². The van der Waals surface area contributed by atoms with Gasteiger partial charge in [-0.25, -0.2) is 0 Å². The van der Waals surface area contributed by atoms with E-state index < -0.39 is 0 Å². The highest BCUT2D eigenvalue weighted by atomic mass is 32.1. The number of Topliss-reactive ketones (excluding diaryl/α,β-unsaturated/α-hetero) is 1. The Morgan fingerprint density at radius 3 is 2.75 bits per heavy atom. The van der Waals surface area contributed by atoms with Gasteiger partial charge in [-0.15, -0.1) is 11.3 Å². The number of rotatable bonds is 4. The molecule has 0 bridgehead atoms. The van der Waals surface area contributed by atoms with Crippen LogP contribution in [-0.2, 0) is 0 Å². The molecule has 0 aliphatic carbocycles. The SMILES string of the molecule is O=C(CN1CCN(c2cccc3sccc23)CC1)c1ccc2[nH]c(=O)sc2c1. The van der Waals surface area contributed by atoms with Crippen molar-refractivity contribution < 1.29 is 4.79 Å². The van der Waals surface area contributed by atoms with Crippen LogP contribution in [0, 0.1) is 0 Å². The number of thiazole rings is 1. The van der Waals surface area contributed by atoms with E-state index >= 15 is 0 Å². The van der Waals surface area contributed by atoms with E-state index in [1.807, 2.05) is 12.1 Å². The zero-order valence-electron chi connectivity index (χ0n) is 15.2. The topological polar surface area (TPSA) is 56.4 Å². The fourth-order valence-corrected chi connectivity index (χ4v) is 5.40. The van der Waals surface area contributed by atoms with Crippen molar-refractivity contribution in [2.45, 2.75) is 0 Å². The van der Waals surface area contributed by atoms with Crippen LogP contribution >= 0.6 is 22.7 Å². The van der Waals surface area contributed by atoms with Gasteiger partial charge in [0.2, 0.25) is 0 Å². The van der Waals surface area contributed by atoms with Gasteiger partial charge in [0.1, 0.15) is 0 Å². The molecule has 0 atom stereocenters. The van der Waals surface area contributed by atoms with Crippen molar-refractivity contribution in [2.24, 2.45) is 0 Å². The Bertz CT molecular complexity index is 1220. The molecule has 1 saturated heterocycles. The van der Waals surface area contributed by atoms with Crippen molar-refractivity contribution in [3.63, 3.8) is 0 Å².